The molecule has 7 heteroatoms. The van der Waals surface area contributed by atoms with E-state index >= 15 is 0 Å². The Kier molecular flexibility index (Phi) is 3.90. The third-order valence-electron chi connectivity index (χ3n) is 4.27. The monoisotopic (exact) mass is 314 g/mol. The van der Waals surface area contributed by atoms with Crippen molar-refractivity contribution in [1.82, 2.24) is 4.98 Å². The first-order chi connectivity index (χ1) is 11.0. The van der Waals surface area contributed by atoms with E-state index in [1.165, 1.54) is 6.07 Å². The van der Waals surface area contributed by atoms with E-state index < -0.39 is 0 Å². The van der Waals surface area contributed by atoms with Crippen LogP contribution >= 0.6 is 0 Å². The molecule has 0 aromatic carbocycles. The van der Waals surface area contributed by atoms with Gasteiger partial charge in [0.25, 0.3) is 0 Å². The van der Waals surface area contributed by atoms with Crippen molar-refractivity contribution < 1.29 is 9.76 Å². The van der Waals surface area contributed by atoms with Gasteiger partial charge in [-0.05, 0) is 25.8 Å². The number of piperidine rings is 1. The summed E-state index contributed by atoms with van der Waals surface area (Å²) in [6.45, 7) is 4.92. The largest absolute Gasteiger partial charge is 0.388 e. The van der Waals surface area contributed by atoms with Crippen molar-refractivity contribution in [3.63, 3.8) is 0 Å². The lowest BCUT2D eigenvalue weighted by Crippen LogP contribution is -2.45. The van der Waals surface area contributed by atoms with Gasteiger partial charge in [0.2, 0.25) is 5.82 Å². The summed E-state index contributed by atoms with van der Waals surface area (Å²) in [5.74, 6) is 6.23. The summed E-state index contributed by atoms with van der Waals surface area (Å²) in [6.07, 6.45) is 2.21. The minimum atomic E-state index is -0.379. The van der Waals surface area contributed by atoms with Crippen molar-refractivity contribution >= 4 is 17.2 Å². The Morgan fingerprint density at radius 3 is 2.78 bits per heavy atom. The van der Waals surface area contributed by atoms with E-state index in [2.05, 4.69) is 22.0 Å². The molecule has 0 saturated carbocycles. The minimum absolute atomic E-state index is 0.0488. The van der Waals surface area contributed by atoms with Gasteiger partial charge in [-0.1, -0.05) is 11.1 Å². The van der Waals surface area contributed by atoms with Crippen LogP contribution in [0.4, 0.5) is 11.5 Å². The van der Waals surface area contributed by atoms with Gasteiger partial charge >= 0.3 is 5.69 Å². The summed E-state index contributed by atoms with van der Waals surface area (Å²) >= 11 is 0. The number of hydrogen-bond donors (Lipinski definition) is 0. The van der Waals surface area contributed by atoms with Gasteiger partial charge in [0.15, 0.2) is 0 Å². The van der Waals surface area contributed by atoms with Gasteiger partial charge < -0.3 is 9.74 Å². The van der Waals surface area contributed by atoms with Crippen LogP contribution in [0.1, 0.15) is 31.9 Å². The lowest BCUT2D eigenvalue weighted by molar-refractivity contribution is -0.384. The Bertz CT molecular complexity index is 725. The third kappa shape index (κ3) is 2.97. The maximum absolute atomic E-state index is 11.2. The van der Waals surface area contributed by atoms with E-state index in [1.54, 1.807) is 13.0 Å². The van der Waals surface area contributed by atoms with Crippen molar-refractivity contribution in [3.8, 4) is 11.8 Å². The van der Waals surface area contributed by atoms with Crippen molar-refractivity contribution in [1.29, 1.82) is 0 Å². The number of aromatic nitrogens is 1. The molecule has 1 fully saturated rings. The van der Waals surface area contributed by atoms with Crippen LogP contribution in [0, 0.1) is 28.9 Å². The number of pyridine rings is 1. The lowest BCUT2D eigenvalue weighted by atomic mass is 9.87. The summed E-state index contributed by atoms with van der Waals surface area (Å²) in [5, 5.41) is 15.3. The molecule has 0 atom stereocenters. The Labute approximate surface area is 134 Å². The molecule has 0 unspecified atom stereocenters. The predicted molar refractivity (Wildman–Crippen MR) is 86.4 cm³/mol. The smallest absolute Gasteiger partial charge is 0.311 e. The number of rotatable bonds is 2. The van der Waals surface area contributed by atoms with E-state index in [0.717, 1.165) is 24.2 Å². The number of anilines is 1. The average Bonchev–Trinajstić information content (AvgIpc) is 2.91. The first-order valence-corrected chi connectivity index (χ1v) is 7.58. The molecule has 0 radical (unpaired) electrons. The third-order valence-corrected chi connectivity index (χ3v) is 4.27. The van der Waals surface area contributed by atoms with Crippen molar-refractivity contribution in [2.75, 3.05) is 18.0 Å². The normalized spacial score (nSPS) is 18.9. The minimum Gasteiger partial charge on any atom is -0.388 e. The van der Waals surface area contributed by atoms with Crippen LogP contribution in [-0.4, -0.2) is 34.3 Å². The number of aryl methyl sites for hydroxylation is 1. The standard InChI is InChI=1S/C16H18N4O3/c1-3-4-13-11-16(23-18-13)7-9-19(10-8-16)15-14(20(21)22)6-5-12(2)17-15/h5-6H,7-11H2,1-2H3. The summed E-state index contributed by atoms with van der Waals surface area (Å²) < 4.78 is 0. The van der Waals surface area contributed by atoms with Crippen LogP contribution in [0.15, 0.2) is 17.3 Å². The topological polar surface area (TPSA) is 80.9 Å². The van der Waals surface area contributed by atoms with Crippen molar-refractivity contribution in [2.45, 2.75) is 38.7 Å². The van der Waals surface area contributed by atoms with Crippen LogP contribution in [-0.2, 0) is 4.84 Å². The Hall–Kier alpha value is -2.62. The molecule has 120 valence electrons. The first kappa shape index (κ1) is 15.3. The molecule has 0 bridgehead atoms. The van der Waals surface area contributed by atoms with E-state index in [9.17, 15) is 10.1 Å². The molecule has 3 heterocycles. The van der Waals surface area contributed by atoms with Crippen LogP contribution in [0.25, 0.3) is 0 Å². The Morgan fingerprint density at radius 2 is 2.13 bits per heavy atom. The molecule has 0 N–H and O–H groups in total. The van der Waals surface area contributed by atoms with Crippen LogP contribution in [0.3, 0.4) is 0 Å². The van der Waals surface area contributed by atoms with E-state index in [-0.39, 0.29) is 16.2 Å². The van der Waals surface area contributed by atoms with Crippen molar-refractivity contribution in [2.24, 2.45) is 5.16 Å². The molecular formula is C16H18N4O3. The van der Waals surface area contributed by atoms with Crippen molar-refractivity contribution in [3.05, 3.63) is 27.9 Å². The zero-order valence-electron chi connectivity index (χ0n) is 13.2. The molecule has 1 aromatic heterocycles. The van der Waals surface area contributed by atoms with E-state index in [1.807, 2.05) is 11.8 Å². The number of oxime groups is 1. The molecule has 2 aliphatic rings. The number of hydrogen-bond acceptors (Lipinski definition) is 6. The molecule has 0 aliphatic carbocycles. The quantitative estimate of drug-likeness (QED) is 0.476. The van der Waals surface area contributed by atoms with Gasteiger partial charge in [-0.3, -0.25) is 10.1 Å². The van der Waals surface area contributed by atoms with E-state index in [0.29, 0.717) is 25.3 Å². The molecule has 1 aromatic rings. The fourth-order valence-corrected chi connectivity index (χ4v) is 3.04. The highest BCUT2D eigenvalue weighted by molar-refractivity contribution is 6.01. The fourth-order valence-electron chi connectivity index (χ4n) is 3.04. The van der Waals surface area contributed by atoms with Crippen LogP contribution in [0.5, 0.6) is 0 Å². The second-order valence-electron chi connectivity index (χ2n) is 5.90. The molecule has 23 heavy (non-hydrogen) atoms. The molecule has 0 amide bonds. The van der Waals surface area contributed by atoms with Gasteiger partial charge in [0.1, 0.15) is 11.3 Å². The molecule has 1 spiro atoms. The van der Waals surface area contributed by atoms with Crippen LogP contribution in [0.2, 0.25) is 0 Å². The summed E-state index contributed by atoms with van der Waals surface area (Å²) in [6, 6.07) is 3.18. The second-order valence-corrected chi connectivity index (χ2v) is 5.90. The van der Waals surface area contributed by atoms with Gasteiger partial charge in [0, 0.05) is 44.1 Å². The van der Waals surface area contributed by atoms with Gasteiger partial charge in [-0.2, -0.15) is 0 Å². The molecular weight excluding hydrogens is 296 g/mol. The van der Waals surface area contributed by atoms with Gasteiger partial charge in [0.05, 0.1) is 4.92 Å². The van der Waals surface area contributed by atoms with E-state index in [4.69, 9.17) is 4.84 Å². The lowest BCUT2D eigenvalue weighted by Gasteiger charge is -2.37. The molecule has 7 nitrogen and oxygen atoms in total. The second kappa shape index (κ2) is 5.88. The highest BCUT2D eigenvalue weighted by Gasteiger charge is 2.42. The molecule has 2 aliphatic heterocycles. The average molecular weight is 314 g/mol. The molecule has 3 rings (SSSR count). The highest BCUT2D eigenvalue weighted by Crippen LogP contribution is 2.37. The van der Waals surface area contributed by atoms with Gasteiger partial charge in [-0.25, -0.2) is 4.98 Å². The summed E-state index contributed by atoms with van der Waals surface area (Å²) in [4.78, 5) is 22.8. The predicted octanol–water partition coefficient (Wildman–Crippen LogP) is 2.44. The maximum Gasteiger partial charge on any atom is 0.311 e. The van der Waals surface area contributed by atoms with Crippen LogP contribution < -0.4 is 4.90 Å². The summed E-state index contributed by atoms with van der Waals surface area (Å²) in [7, 11) is 0. The maximum atomic E-state index is 11.2. The Morgan fingerprint density at radius 1 is 1.39 bits per heavy atom. The SMILES string of the molecule is CC#CC1=NOC2(CCN(c3nc(C)ccc3[N+](=O)[O-])CC2)C1. The Balaban J connectivity index is 1.74. The zero-order chi connectivity index (χ0) is 16.4. The number of nitro groups is 1. The number of nitrogens with zero attached hydrogens (tertiary/aromatic N) is 4. The zero-order valence-corrected chi connectivity index (χ0v) is 13.2. The fraction of sp³-hybridized carbons (Fsp3) is 0.500. The first-order valence-electron chi connectivity index (χ1n) is 7.58. The van der Waals surface area contributed by atoms with Gasteiger partial charge in [-0.15, -0.1) is 0 Å². The molecule has 1 saturated heterocycles. The highest BCUT2D eigenvalue weighted by atomic mass is 16.7. The summed E-state index contributed by atoms with van der Waals surface area (Å²) in [5.41, 5.74) is 1.29.